The number of quaternary nitrogens is 1. The van der Waals surface area contributed by atoms with E-state index in [4.69, 9.17) is 4.43 Å². The number of ketones is 1. The molecule has 1 aromatic rings. The van der Waals surface area contributed by atoms with Crippen LogP contribution in [0.1, 0.15) is 32.8 Å². The fourth-order valence-electron chi connectivity index (χ4n) is 3.79. The molecular weight excluding hydrogens is 330 g/mol. The Hall–Kier alpha value is -1.43. The molecule has 3 rings (SSSR count). The number of benzene rings is 1. The van der Waals surface area contributed by atoms with E-state index >= 15 is 0 Å². The summed E-state index contributed by atoms with van der Waals surface area (Å²) < 4.78 is 6.82. The van der Waals surface area contributed by atoms with Crippen molar-refractivity contribution >= 4 is 19.7 Å². The maximum absolute atomic E-state index is 13.0. The Morgan fingerprint density at radius 3 is 2.32 bits per heavy atom. The van der Waals surface area contributed by atoms with Crippen LogP contribution in [0.25, 0.3) is 5.57 Å². The fraction of sp³-hybridized carbons (Fsp3) is 0.550. The number of rotatable bonds is 3. The van der Waals surface area contributed by atoms with Crippen LogP contribution in [-0.2, 0) is 9.22 Å². The number of Topliss-reactive ketones (excluding diaryl/α,β-unsaturated/α-hetero) is 1. The highest BCUT2D eigenvalue weighted by Crippen LogP contribution is 2.45. The number of aliphatic hydroxyl groups excluding tert-OH is 1. The van der Waals surface area contributed by atoms with Gasteiger partial charge in [-0.05, 0) is 23.7 Å². The smallest absolute Gasteiger partial charge is 0.301 e. The number of carbonyl (C=O) groups excluding carboxylic acids is 1. The van der Waals surface area contributed by atoms with Crippen molar-refractivity contribution in [2.45, 2.75) is 57.5 Å². The molecule has 3 atom stereocenters. The molecule has 5 heteroatoms. The van der Waals surface area contributed by atoms with Crippen LogP contribution in [0.15, 0.2) is 36.2 Å². The van der Waals surface area contributed by atoms with Gasteiger partial charge >= 0.3 is 5.88 Å². The second-order valence-corrected chi connectivity index (χ2v) is 13.9. The number of aliphatic hydroxyl groups is 1. The van der Waals surface area contributed by atoms with E-state index in [0.29, 0.717) is 18.5 Å². The maximum atomic E-state index is 13.0. The van der Waals surface area contributed by atoms with Gasteiger partial charge in [0.25, 0.3) is 0 Å². The highest BCUT2D eigenvalue weighted by atomic mass is 28.4. The maximum Gasteiger partial charge on any atom is 0.301 e. The van der Waals surface area contributed by atoms with Gasteiger partial charge in [-0.3, -0.25) is 9.28 Å². The van der Waals surface area contributed by atoms with Crippen LogP contribution in [0, 0.1) is 0 Å². The van der Waals surface area contributed by atoms with Crippen molar-refractivity contribution in [1.29, 1.82) is 0 Å². The monoisotopic (exact) mass is 360 g/mol. The molecule has 1 saturated heterocycles. The van der Waals surface area contributed by atoms with Gasteiger partial charge in [-0.1, -0.05) is 51.1 Å². The standard InChI is InChI=1S/C20H29NO3Si/c1-20(2,3)25(5,6)24-15-12-16-18(22)17(14-10-8-7-9-11-14)19(23)21(16,4)13-15/h7-11,15-16H,12-13H2,1-6H3/p+1/t15-,16-,21-/m0/s1. The summed E-state index contributed by atoms with van der Waals surface area (Å²) in [5.74, 6) is 0.245. The summed E-state index contributed by atoms with van der Waals surface area (Å²) in [6, 6.07) is 9.26. The van der Waals surface area contributed by atoms with E-state index in [0.717, 1.165) is 5.56 Å². The predicted octanol–water partition coefficient (Wildman–Crippen LogP) is 4.11. The fourth-order valence-corrected chi connectivity index (χ4v) is 5.15. The zero-order valence-corrected chi connectivity index (χ0v) is 17.2. The van der Waals surface area contributed by atoms with Crippen molar-refractivity contribution in [3.63, 3.8) is 0 Å². The quantitative estimate of drug-likeness (QED) is 0.652. The third kappa shape index (κ3) is 2.88. The van der Waals surface area contributed by atoms with Crippen LogP contribution < -0.4 is 0 Å². The molecule has 136 valence electrons. The summed E-state index contributed by atoms with van der Waals surface area (Å²) in [5.41, 5.74) is 1.29. The third-order valence-electron chi connectivity index (χ3n) is 6.34. The Balaban J connectivity index is 1.88. The SMILES string of the molecule is CC(C)(C)[Si](C)(C)O[C@H]1C[C@H]2C(=O)C(c3ccccc3)=C(O)[N@@+]2(C)C1. The minimum absolute atomic E-state index is 0.0271. The Morgan fingerprint density at radius 2 is 1.80 bits per heavy atom. The van der Waals surface area contributed by atoms with Gasteiger partial charge < -0.3 is 9.53 Å². The zero-order valence-electron chi connectivity index (χ0n) is 16.2. The first-order valence-corrected chi connectivity index (χ1v) is 11.9. The van der Waals surface area contributed by atoms with Gasteiger partial charge in [-0.2, -0.15) is 0 Å². The number of carbonyl (C=O) groups is 1. The molecule has 0 bridgehead atoms. The lowest BCUT2D eigenvalue weighted by molar-refractivity contribution is -0.886. The Labute approximate surface area is 151 Å². The minimum Gasteiger partial charge on any atom is -0.467 e. The molecule has 1 aromatic carbocycles. The van der Waals surface area contributed by atoms with Gasteiger partial charge in [-0.15, -0.1) is 0 Å². The lowest BCUT2D eigenvalue weighted by atomic mass is 9.99. The largest absolute Gasteiger partial charge is 0.467 e. The summed E-state index contributed by atoms with van der Waals surface area (Å²) in [4.78, 5) is 13.0. The molecular formula is C20H30NO3Si+. The average Bonchev–Trinajstić information content (AvgIpc) is 2.91. The second-order valence-electron chi connectivity index (χ2n) is 9.13. The van der Waals surface area contributed by atoms with E-state index in [2.05, 4.69) is 33.9 Å². The van der Waals surface area contributed by atoms with Crippen molar-refractivity contribution in [3.05, 3.63) is 41.8 Å². The lowest BCUT2D eigenvalue weighted by Gasteiger charge is -2.38. The van der Waals surface area contributed by atoms with Gasteiger partial charge in [0.05, 0.1) is 7.05 Å². The minimum atomic E-state index is -1.89. The van der Waals surface area contributed by atoms with Gasteiger partial charge in [0.2, 0.25) is 5.78 Å². The van der Waals surface area contributed by atoms with Crippen molar-refractivity contribution in [2.24, 2.45) is 0 Å². The van der Waals surface area contributed by atoms with E-state index < -0.39 is 8.32 Å². The molecule has 0 radical (unpaired) electrons. The van der Waals surface area contributed by atoms with Gasteiger partial charge in [-0.25, -0.2) is 0 Å². The van der Waals surface area contributed by atoms with Gasteiger partial charge in [0, 0.05) is 6.42 Å². The highest BCUT2D eigenvalue weighted by molar-refractivity contribution is 6.74. The molecule has 0 aromatic heterocycles. The van der Waals surface area contributed by atoms with Gasteiger partial charge in [0.1, 0.15) is 18.2 Å². The van der Waals surface area contributed by atoms with Crippen molar-refractivity contribution in [3.8, 4) is 0 Å². The molecule has 4 nitrogen and oxygen atoms in total. The summed E-state index contributed by atoms with van der Waals surface area (Å²) in [5, 5.41) is 11.0. The Kier molecular flexibility index (Phi) is 4.25. The first kappa shape index (κ1) is 18.4. The number of hydrogen-bond acceptors (Lipinski definition) is 3. The predicted molar refractivity (Wildman–Crippen MR) is 103 cm³/mol. The average molecular weight is 361 g/mol. The van der Waals surface area contributed by atoms with Crippen LogP contribution in [0.4, 0.5) is 0 Å². The Morgan fingerprint density at radius 1 is 1.20 bits per heavy atom. The summed E-state index contributed by atoms with van der Waals surface area (Å²) in [7, 11) is 0.0665. The number of nitrogens with zero attached hydrogens (tertiary/aromatic N) is 1. The zero-order chi connectivity index (χ0) is 18.6. The molecule has 1 N–H and O–H groups in total. The molecule has 1 fully saturated rings. The van der Waals surface area contributed by atoms with E-state index in [1.165, 1.54) is 0 Å². The summed E-state index contributed by atoms with van der Waals surface area (Å²) >= 11 is 0. The summed E-state index contributed by atoms with van der Waals surface area (Å²) in [6.45, 7) is 11.8. The third-order valence-corrected chi connectivity index (χ3v) is 10.9. The Bertz CT molecular complexity index is 720. The molecule has 0 unspecified atom stereocenters. The van der Waals surface area contributed by atoms with Crippen LogP contribution in [0.5, 0.6) is 0 Å². The topological polar surface area (TPSA) is 46.5 Å². The van der Waals surface area contributed by atoms with Crippen molar-refractivity contribution in [1.82, 2.24) is 0 Å². The normalized spacial score (nSPS) is 30.1. The van der Waals surface area contributed by atoms with Crippen LogP contribution >= 0.6 is 0 Å². The van der Waals surface area contributed by atoms with E-state index in [1.807, 2.05) is 37.4 Å². The molecule has 0 saturated carbocycles. The van der Waals surface area contributed by atoms with Crippen LogP contribution in [0.3, 0.4) is 0 Å². The molecule has 2 heterocycles. The molecule has 0 spiro atoms. The van der Waals surface area contributed by atoms with Gasteiger partial charge in [0.15, 0.2) is 14.4 Å². The van der Waals surface area contributed by atoms with E-state index in [9.17, 15) is 9.90 Å². The molecule has 0 amide bonds. The molecule has 2 aliphatic rings. The lowest BCUT2D eigenvalue weighted by Crippen LogP contribution is -2.48. The molecule has 2 aliphatic heterocycles. The molecule has 0 aliphatic carbocycles. The van der Waals surface area contributed by atoms with Crippen LogP contribution in [-0.4, -0.2) is 49.4 Å². The van der Waals surface area contributed by atoms with E-state index in [1.54, 1.807) is 0 Å². The highest BCUT2D eigenvalue weighted by Gasteiger charge is 2.59. The number of hydrogen-bond donors (Lipinski definition) is 1. The van der Waals surface area contributed by atoms with Crippen molar-refractivity contribution < 1.29 is 18.8 Å². The first-order chi connectivity index (χ1) is 11.5. The molecule has 25 heavy (non-hydrogen) atoms. The van der Waals surface area contributed by atoms with Crippen molar-refractivity contribution in [2.75, 3.05) is 13.6 Å². The van der Waals surface area contributed by atoms with E-state index in [-0.39, 0.29) is 33.3 Å². The number of fused-ring (bicyclic) bond motifs is 1. The van der Waals surface area contributed by atoms with Crippen LogP contribution in [0.2, 0.25) is 18.1 Å². The first-order valence-electron chi connectivity index (χ1n) is 9.04. The summed E-state index contributed by atoms with van der Waals surface area (Å²) in [6.07, 6.45) is 0.710. The second kappa shape index (κ2) is 5.79. The number of likely N-dealkylation sites (N-methyl/N-ethyl adjacent to an activating group) is 1.